The first-order valence-electron chi connectivity index (χ1n) is 6.97. The maximum Gasteiger partial charge on any atom is 0.321 e. The number of benzene rings is 1. The van der Waals surface area contributed by atoms with Crippen molar-refractivity contribution in [3.8, 4) is 0 Å². The Morgan fingerprint density at radius 2 is 2.15 bits per heavy atom. The Labute approximate surface area is 128 Å². The molecule has 2 aliphatic rings. The van der Waals surface area contributed by atoms with Crippen LogP contribution in [0.5, 0.6) is 0 Å². The second-order valence-electron chi connectivity index (χ2n) is 5.78. The fraction of sp³-hybridized carbons (Fsp3) is 0.533. The minimum atomic E-state index is -0.711. The van der Waals surface area contributed by atoms with Gasteiger partial charge >= 0.3 is 5.97 Å². The van der Waals surface area contributed by atoms with E-state index in [1.807, 2.05) is 17.0 Å². The molecule has 1 aliphatic heterocycles. The van der Waals surface area contributed by atoms with E-state index in [4.69, 9.17) is 23.2 Å². The van der Waals surface area contributed by atoms with Gasteiger partial charge in [0.25, 0.3) is 0 Å². The van der Waals surface area contributed by atoms with E-state index in [-0.39, 0.29) is 6.04 Å². The van der Waals surface area contributed by atoms with Crippen molar-refractivity contribution in [2.24, 2.45) is 11.8 Å². The molecule has 1 heterocycles. The maximum atomic E-state index is 11.6. The number of hydrogen-bond acceptors (Lipinski definition) is 2. The lowest BCUT2D eigenvalue weighted by molar-refractivity contribution is -0.143. The fourth-order valence-corrected chi connectivity index (χ4v) is 4.16. The number of carboxylic acid groups (broad SMARTS) is 1. The summed E-state index contributed by atoms with van der Waals surface area (Å²) in [6.45, 7) is 1.41. The van der Waals surface area contributed by atoms with Crippen molar-refractivity contribution in [3.05, 3.63) is 33.8 Å². The van der Waals surface area contributed by atoms with E-state index in [1.54, 1.807) is 6.07 Å². The lowest BCUT2D eigenvalue weighted by atomic mass is 9.94. The van der Waals surface area contributed by atoms with Gasteiger partial charge in [-0.05, 0) is 36.3 Å². The van der Waals surface area contributed by atoms with Crippen LogP contribution in [-0.2, 0) is 11.3 Å². The molecule has 1 aromatic rings. The lowest BCUT2D eigenvalue weighted by Crippen LogP contribution is -2.39. The van der Waals surface area contributed by atoms with Gasteiger partial charge in [0, 0.05) is 13.1 Å². The smallest absolute Gasteiger partial charge is 0.321 e. The Balaban J connectivity index is 1.83. The topological polar surface area (TPSA) is 40.5 Å². The zero-order valence-electron chi connectivity index (χ0n) is 11.1. The van der Waals surface area contributed by atoms with E-state index in [9.17, 15) is 9.90 Å². The highest BCUT2D eigenvalue weighted by Gasteiger charge is 2.47. The molecule has 1 saturated carbocycles. The third kappa shape index (κ3) is 2.43. The van der Waals surface area contributed by atoms with Gasteiger partial charge < -0.3 is 5.11 Å². The van der Waals surface area contributed by atoms with Gasteiger partial charge in [0.15, 0.2) is 0 Å². The predicted octanol–water partition coefficient (Wildman–Crippen LogP) is 3.68. The molecule has 108 valence electrons. The molecule has 20 heavy (non-hydrogen) atoms. The summed E-state index contributed by atoms with van der Waals surface area (Å²) >= 11 is 12.2. The highest BCUT2D eigenvalue weighted by atomic mass is 35.5. The molecule has 0 bridgehead atoms. The van der Waals surface area contributed by atoms with Crippen molar-refractivity contribution in [1.82, 2.24) is 4.90 Å². The molecule has 3 atom stereocenters. The standard InChI is InChI=1S/C15H17Cl2NO2/c16-12-6-2-4-10(13(12)17)8-18-7-9-3-1-5-11(9)14(18)15(19)20/h2,4,6,9,11,14H,1,3,5,7-8H2,(H,19,20). The van der Waals surface area contributed by atoms with Gasteiger partial charge in [-0.25, -0.2) is 0 Å². The fourth-order valence-electron chi connectivity index (χ4n) is 3.79. The number of halogens is 2. The highest BCUT2D eigenvalue weighted by Crippen LogP contribution is 2.43. The second-order valence-corrected chi connectivity index (χ2v) is 6.57. The average Bonchev–Trinajstić information content (AvgIpc) is 2.94. The van der Waals surface area contributed by atoms with Crippen LogP contribution in [-0.4, -0.2) is 28.6 Å². The van der Waals surface area contributed by atoms with Crippen LogP contribution in [0.3, 0.4) is 0 Å². The first-order valence-corrected chi connectivity index (χ1v) is 7.73. The van der Waals surface area contributed by atoms with E-state index in [0.717, 1.165) is 31.4 Å². The number of nitrogens with zero attached hydrogens (tertiary/aromatic N) is 1. The summed E-state index contributed by atoms with van der Waals surface area (Å²) in [5, 5.41) is 10.6. The summed E-state index contributed by atoms with van der Waals surface area (Å²) in [5.41, 5.74) is 0.908. The van der Waals surface area contributed by atoms with Crippen LogP contribution < -0.4 is 0 Å². The number of likely N-dealkylation sites (tertiary alicyclic amines) is 1. The molecule has 0 amide bonds. The lowest BCUT2D eigenvalue weighted by Gasteiger charge is -2.24. The third-order valence-corrected chi connectivity index (χ3v) is 5.50. The van der Waals surface area contributed by atoms with Crippen LogP contribution in [0.15, 0.2) is 18.2 Å². The Morgan fingerprint density at radius 3 is 2.90 bits per heavy atom. The molecule has 5 heteroatoms. The van der Waals surface area contributed by atoms with Crippen LogP contribution in [0.1, 0.15) is 24.8 Å². The summed E-state index contributed by atoms with van der Waals surface area (Å²) in [7, 11) is 0. The summed E-state index contributed by atoms with van der Waals surface area (Å²) < 4.78 is 0. The van der Waals surface area contributed by atoms with Crippen molar-refractivity contribution in [2.75, 3.05) is 6.54 Å². The minimum Gasteiger partial charge on any atom is -0.480 e. The minimum absolute atomic E-state index is 0.297. The van der Waals surface area contributed by atoms with E-state index < -0.39 is 5.97 Å². The van der Waals surface area contributed by atoms with E-state index in [0.29, 0.717) is 28.4 Å². The molecule has 0 spiro atoms. The first-order chi connectivity index (χ1) is 9.58. The summed E-state index contributed by atoms with van der Waals surface area (Å²) in [6, 6.07) is 5.15. The maximum absolute atomic E-state index is 11.6. The molecule has 0 radical (unpaired) electrons. The molecule has 0 aromatic heterocycles. The van der Waals surface area contributed by atoms with Gasteiger partial charge in [0.1, 0.15) is 6.04 Å². The Kier molecular flexibility index (Phi) is 3.93. The Hall–Kier alpha value is -0.770. The third-order valence-electron chi connectivity index (χ3n) is 4.64. The largest absolute Gasteiger partial charge is 0.480 e. The molecule has 3 rings (SSSR count). The van der Waals surface area contributed by atoms with Gasteiger partial charge in [0.2, 0.25) is 0 Å². The van der Waals surface area contributed by atoms with Gasteiger partial charge in [0.05, 0.1) is 10.0 Å². The monoisotopic (exact) mass is 313 g/mol. The number of fused-ring (bicyclic) bond motifs is 1. The van der Waals surface area contributed by atoms with Gasteiger partial charge in [-0.15, -0.1) is 0 Å². The Bertz CT molecular complexity index is 535. The normalized spacial score (nSPS) is 29.6. The number of aliphatic carboxylic acids is 1. The summed E-state index contributed by atoms with van der Waals surface area (Å²) in [5.74, 6) is 0.108. The van der Waals surface area contributed by atoms with E-state index in [2.05, 4.69) is 0 Å². The zero-order chi connectivity index (χ0) is 14.3. The molecule has 1 N–H and O–H groups in total. The van der Waals surface area contributed by atoms with Gasteiger partial charge in [-0.2, -0.15) is 0 Å². The SMILES string of the molecule is O=C(O)C1C2CCCC2CN1Cc1cccc(Cl)c1Cl. The van der Waals surface area contributed by atoms with E-state index >= 15 is 0 Å². The number of carboxylic acids is 1. The van der Waals surface area contributed by atoms with Crippen LogP contribution >= 0.6 is 23.2 Å². The van der Waals surface area contributed by atoms with Gasteiger partial charge in [-0.3, -0.25) is 9.69 Å². The number of carbonyl (C=O) groups is 1. The predicted molar refractivity (Wildman–Crippen MR) is 79.1 cm³/mol. The van der Waals surface area contributed by atoms with Crippen molar-refractivity contribution in [3.63, 3.8) is 0 Å². The molecule has 3 unspecified atom stereocenters. The molecule has 1 saturated heterocycles. The molecular formula is C15H17Cl2NO2. The molecule has 2 fully saturated rings. The van der Waals surface area contributed by atoms with Crippen LogP contribution in [0.2, 0.25) is 10.0 Å². The summed E-state index contributed by atoms with van der Waals surface area (Å²) in [6.07, 6.45) is 3.33. The quantitative estimate of drug-likeness (QED) is 0.925. The molecule has 1 aliphatic carbocycles. The van der Waals surface area contributed by atoms with Crippen molar-refractivity contribution < 1.29 is 9.90 Å². The zero-order valence-corrected chi connectivity index (χ0v) is 12.6. The van der Waals surface area contributed by atoms with Crippen LogP contribution in [0.4, 0.5) is 0 Å². The van der Waals surface area contributed by atoms with Gasteiger partial charge in [-0.1, -0.05) is 41.8 Å². The highest BCUT2D eigenvalue weighted by molar-refractivity contribution is 6.42. The molecule has 1 aromatic carbocycles. The summed E-state index contributed by atoms with van der Waals surface area (Å²) in [4.78, 5) is 13.6. The average molecular weight is 314 g/mol. The number of hydrogen-bond donors (Lipinski definition) is 1. The second kappa shape index (κ2) is 5.55. The molecule has 3 nitrogen and oxygen atoms in total. The van der Waals surface area contributed by atoms with Crippen molar-refractivity contribution in [2.45, 2.75) is 31.8 Å². The van der Waals surface area contributed by atoms with Crippen LogP contribution in [0.25, 0.3) is 0 Å². The Morgan fingerprint density at radius 1 is 1.35 bits per heavy atom. The van der Waals surface area contributed by atoms with Crippen molar-refractivity contribution in [1.29, 1.82) is 0 Å². The number of rotatable bonds is 3. The van der Waals surface area contributed by atoms with Crippen molar-refractivity contribution >= 4 is 29.2 Å². The molecular weight excluding hydrogens is 297 g/mol. The van der Waals surface area contributed by atoms with E-state index in [1.165, 1.54) is 0 Å². The van der Waals surface area contributed by atoms with Crippen LogP contribution in [0, 0.1) is 11.8 Å². The first kappa shape index (κ1) is 14.2.